The van der Waals surface area contributed by atoms with Gasteiger partial charge in [-0.2, -0.15) is 0 Å². The molecule has 1 fully saturated rings. The van der Waals surface area contributed by atoms with Crippen LogP contribution in [0.4, 0.5) is 11.9 Å². The number of likely N-dealkylation sites (tertiary alicyclic amines) is 1. The lowest BCUT2D eigenvalue weighted by atomic mass is 10.0. The Morgan fingerprint density at radius 1 is 1.03 bits per heavy atom. The van der Waals surface area contributed by atoms with Crippen LogP contribution >= 0.6 is 0 Å². The summed E-state index contributed by atoms with van der Waals surface area (Å²) in [6, 6.07) is 11.6. The molecule has 0 radical (unpaired) electrons. The summed E-state index contributed by atoms with van der Waals surface area (Å²) in [6.45, 7) is 1.18. The van der Waals surface area contributed by atoms with Crippen molar-refractivity contribution >= 4 is 40.7 Å². The highest BCUT2D eigenvalue weighted by atomic mass is 16.5. The van der Waals surface area contributed by atoms with E-state index in [4.69, 9.17) is 10.5 Å². The van der Waals surface area contributed by atoms with E-state index in [1.807, 2.05) is 0 Å². The monoisotopic (exact) mass is 514 g/mol. The molecule has 0 unspecified atom stereocenters. The summed E-state index contributed by atoms with van der Waals surface area (Å²) in [7, 11) is 1.56. The number of primary amides is 1. The van der Waals surface area contributed by atoms with Gasteiger partial charge in [-0.3, -0.25) is 19.7 Å². The Kier molecular flexibility index (Phi) is 6.85. The lowest BCUT2D eigenvalue weighted by Crippen LogP contribution is -2.42. The molecule has 5 rings (SSSR count). The maximum Gasteiger partial charge on any atom is 0.257 e. The molecule has 0 aliphatic carbocycles. The normalized spacial score (nSPS) is 13.8. The molecule has 5 N–H and O–H groups in total. The number of anilines is 2. The molecule has 2 aromatic heterocycles. The van der Waals surface area contributed by atoms with Crippen molar-refractivity contribution in [1.82, 2.24) is 24.8 Å². The number of methoxy groups -OCH3 is 1. The Balaban J connectivity index is 1.17. The molecular weight excluding hydrogens is 488 g/mol. The summed E-state index contributed by atoms with van der Waals surface area (Å²) >= 11 is 0. The van der Waals surface area contributed by atoms with Crippen molar-refractivity contribution in [2.75, 3.05) is 30.8 Å². The molecule has 194 valence electrons. The van der Waals surface area contributed by atoms with Crippen molar-refractivity contribution in [2.24, 2.45) is 5.73 Å². The second-order valence-electron chi connectivity index (χ2n) is 8.84. The maximum atomic E-state index is 13.0. The van der Waals surface area contributed by atoms with Crippen LogP contribution in [-0.2, 0) is 0 Å². The zero-order valence-electron chi connectivity index (χ0n) is 20.6. The summed E-state index contributed by atoms with van der Waals surface area (Å²) in [5.41, 5.74) is 7.48. The van der Waals surface area contributed by atoms with E-state index in [-0.39, 0.29) is 23.5 Å². The molecule has 0 atom stereocenters. The van der Waals surface area contributed by atoms with Crippen LogP contribution in [0.15, 0.2) is 54.9 Å². The number of piperidine rings is 1. The first-order valence-electron chi connectivity index (χ1n) is 12.0. The molecule has 3 amide bonds. The molecular formula is C26H26N8O4. The van der Waals surface area contributed by atoms with E-state index < -0.39 is 11.8 Å². The number of carbonyl (C=O) groups excluding carboxylic acids is 3. The van der Waals surface area contributed by atoms with Gasteiger partial charge in [-0.15, -0.1) is 0 Å². The van der Waals surface area contributed by atoms with Gasteiger partial charge >= 0.3 is 0 Å². The van der Waals surface area contributed by atoms with Gasteiger partial charge in [-0.1, -0.05) is 6.07 Å². The maximum absolute atomic E-state index is 13.0. The van der Waals surface area contributed by atoms with Crippen LogP contribution in [0.3, 0.4) is 0 Å². The second-order valence-corrected chi connectivity index (χ2v) is 8.84. The Morgan fingerprint density at radius 2 is 1.71 bits per heavy atom. The highest BCUT2D eigenvalue weighted by Crippen LogP contribution is 2.20. The fraction of sp³-hybridized carbons (Fsp3) is 0.231. The van der Waals surface area contributed by atoms with Crippen molar-refractivity contribution in [1.29, 1.82) is 0 Å². The van der Waals surface area contributed by atoms with E-state index in [0.29, 0.717) is 46.9 Å². The molecule has 12 nitrogen and oxygen atoms in total. The number of aromatic amines is 1. The van der Waals surface area contributed by atoms with E-state index in [0.717, 1.165) is 12.8 Å². The smallest absolute Gasteiger partial charge is 0.257 e. The Labute approximate surface area is 217 Å². The van der Waals surface area contributed by atoms with E-state index in [1.54, 1.807) is 66.9 Å². The summed E-state index contributed by atoms with van der Waals surface area (Å²) < 4.78 is 5.07. The molecule has 3 heterocycles. The number of ether oxygens (including phenoxy) is 1. The standard InChI is InChI=1S/C26H26N8O4/c1-38-18-13-28-25(29-14-18)30-17-9-11-34(12-10-17)24(37)16-7-5-15(6-8-16)23(36)33-26-31-20-4-2-3-19(22(27)35)21(20)32-26/h2-8,13-14,17H,9-12H2,1H3,(H2,27,35)(H,28,29,30)(H2,31,32,33,36). The number of nitrogens with zero attached hydrogens (tertiary/aromatic N) is 4. The molecule has 0 spiro atoms. The van der Waals surface area contributed by atoms with Gasteiger partial charge in [0.05, 0.1) is 30.6 Å². The molecule has 12 heteroatoms. The van der Waals surface area contributed by atoms with E-state index >= 15 is 0 Å². The zero-order chi connectivity index (χ0) is 26.6. The molecule has 0 saturated carbocycles. The first-order valence-corrected chi connectivity index (χ1v) is 12.0. The Hall–Kier alpha value is -5.00. The number of fused-ring (bicyclic) bond motifs is 1. The number of hydrogen-bond donors (Lipinski definition) is 4. The average Bonchev–Trinajstić information content (AvgIpc) is 3.36. The summed E-state index contributed by atoms with van der Waals surface area (Å²) in [4.78, 5) is 54.9. The van der Waals surface area contributed by atoms with Crippen molar-refractivity contribution in [2.45, 2.75) is 18.9 Å². The van der Waals surface area contributed by atoms with Crippen LogP contribution in [0.5, 0.6) is 5.75 Å². The molecule has 1 aliphatic heterocycles. The first-order chi connectivity index (χ1) is 18.4. The van der Waals surface area contributed by atoms with Gasteiger partial charge in [-0.25, -0.2) is 15.0 Å². The van der Waals surface area contributed by atoms with Gasteiger partial charge in [0, 0.05) is 30.3 Å². The number of aromatic nitrogens is 4. The topological polar surface area (TPSA) is 168 Å². The van der Waals surface area contributed by atoms with Gasteiger partial charge in [-0.05, 0) is 49.2 Å². The number of para-hydroxylation sites is 1. The van der Waals surface area contributed by atoms with Crippen molar-refractivity contribution in [3.63, 3.8) is 0 Å². The summed E-state index contributed by atoms with van der Waals surface area (Å²) in [5.74, 6) is 0.208. The van der Waals surface area contributed by atoms with Crippen LogP contribution in [0.1, 0.15) is 43.9 Å². The minimum atomic E-state index is -0.605. The van der Waals surface area contributed by atoms with Crippen molar-refractivity contribution in [3.8, 4) is 5.75 Å². The fourth-order valence-electron chi connectivity index (χ4n) is 4.32. The number of nitrogens with two attached hydrogens (primary N) is 1. The van der Waals surface area contributed by atoms with E-state index in [1.165, 1.54) is 0 Å². The largest absolute Gasteiger partial charge is 0.494 e. The third-order valence-corrected chi connectivity index (χ3v) is 6.38. The second kappa shape index (κ2) is 10.5. The van der Waals surface area contributed by atoms with Gasteiger partial charge < -0.3 is 25.7 Å². The minimum absolute atomic E-state index is 0.0904. The van der Waals surface area contributed by atoms with E-state index in [9.17, 15) is 14.4 Å². The number of imidazole rings is 1. The number of hydrogen-bond acceptors (Lipinski definition) is 8. The minimum Gasteiger partial charge on any atom is -0.494 e. The van der Waals surface area contributed by atoms with Crippen molar-refractivity contribution in [3.05, 3.63) is 71.5 Å². The van der Waals surface area contributed by atoms with Crippen LogP contribution in [0.25, 0.3) is 11.0 Å². The SMILES string of the molecule is COc1cnc(NC2CCN(C(=O)c3ccc(C(=O)Nc4nc5c(C(N)=O)cccc5[nH]4)cc3)CC2)nc1. The summed E-state index contributed by atoms with van der Waals surface area (Å²) in [6.07, 6.45) is 4.73. The summed E-state index contributed by atoms with van der Waals surface area (Å²) in [5, 5.41) is 5.98. The van der Waals surface area contributed by atoms with Crippen LogP contribution in [0.2, 0.25) is 0 Å². The predicted molar refractivity (Wildman–Crippen MR) is 140 cm³/mol. The number of carbonyl (C=O) groups is 3. The number of benzene rings is 2. The Bertz CT molecular complexity index is 1480. The predicted octanol–water partition coefficient (Wildman–Crippen LogP) is 2.43. The van der Waals surface area contributed by atoms with Crippen molar-refractivity contribution < 1.29 is 19.1 Å². The molecule has 2 aromatic carbocycles. The van der Waals surface area contributed by atoms with Crippen LogP contribution in [0, 0.1) is 0 Å². The number of amides is 3. The number of rotatable bonds is 7. The van der Waals surface area contributed by atoms with Gasteiger partial charge in [0.2, 0.25) is 11.9 Å². The number of nitrogens with one attached hydrogen (secondary N) is 3. The van der Waals surface area contributed by atoms with Crippen LogP contribution in [-0.4, -0.2) is 68.8 Å². The molecule has 0 bridgehead atoms. The first kappa shape index (κ1) is 24.7. The third-order valence-electron chi connectivity index (χ3n) is 6.38. The van der Waals surface area contributed by atoms with Gasteiger partial charge in [0.15, 0.2) is 5.75 Å². The zero-order valence-corrected chi connectivity index (χ0v) is 20.6. The molecule has 1 aliphatic rings. The van der Waals surface area contributed by atoms with Crippen LogP contribution < -0.4 is 21.1 Å². The lowest BCUT2D eigenvalue weighted by Gasteiger charge is -2.32. The molecule has 1 saturated heterocycles. The van der Waals surface area contributed by atoms with Gasteiger partial charge in [0.25, 0.3) is 17.7 Å². The fourth-order valence-corrected chi connectivity index (χ4v) is 4.32. The quantitative estimate of drug-likeness (QED) is 0.292. The molecule has 4 aromatic rings. The highest BCUT2D eigenvalue weighted by molar-refractivity contribution is 6.07. The highest BCUT2D eigenvalue weighted by Gasteiger charge is 2.24. The molecule has 38 heavy (non-hydrogen) atoms. The van der Waals surface area contributed by atoms with Gasteiger partial charge in [0.1, 0.15) is 5.52 Å². The third kappa shape index (κ3) is 5.24. The average molecular weight is 515 g/mol. The Morgan fingerprint density at radius 3 is 2.37 bits per heavy atom. The number of H-pyrrole nitrogens is 1. The van der Waals surface area contributed by atoms with E-state index in [2.05, 4.69) is 30.6 Å². The lowest BCUT2D eigenvalue weighted by molar-refractivity contribution is 0.0717.